The number of amides is 4. The fraction of sp³-hybridized carbons (Fsp3) is 0.400. The Hall–Kier alpha value is -3.10. The van der Waals surface area contributed by atoms with Crippen LogP contribution in [0.5, 0.6) is 0 Å². The van der Waals surface area contributed by atoms with Crippen molar-refractivity contribution in [2.45, 2.75) is 31.9 Å². The third kappa shape index (κ3) is 5.87. The summed E-state index contributed by atoms with van der Waals surface area (Å²) in [6.07, 6.45) is 1.84. The highest BCUT2D eigenvalue weighted by molar-refractivity contribution is 6.30. The minimum absolute atomic E-state index is 0.0195. The molecule has 0 saturated carbocycles. The van der Waals surface area contributed by atoms with E-state index in [0.717, 1.165) is 18.4 Å². The van der Waals surface area contributed by atoms with Crippen molar-refractivity contribution in [1.82, 2.24) is 15.1 Å². The first-order valence-corrected chi connectivity index (χ1v) is 11.9. The number of benzene rings is 2. The molecule has 0 spiro atoms. The lowest BCUT2D eigenvalue weighted by atomic mass is 10.1. The second-order valence-electron chi connectivity index (χ2n) is 8.64. The van der Waals surface area contributed by atoms with Gasteiger partial charge in [0.15, 0.2) is 0 Å². The molecule has 2 aromatic carbocycles. The molecular formula is C25H29ClN4O4. The Bertz CT molecular complexity index is 1020. The molecule has 2 aromatic rings. The number of urea groups is 1. The summed E-state index contributed by atoms with van der Waals surface area (Å²) in [6, 6.07) is 12.9. The Morgan fingerprint density at radius 1 is 1.06 bits per heavy atom. The van der Waals surface area contributed by atoms with Crippen LogP contribution in [-0.4, -0.2) is 72.6 Å². The van der Waals surface area contributed by atoms with Gasteiger partial charge in [-0.05, 0) is 56.2 Å². The average molecular weight is 485 g/mol. The molecule has 2 fully saturated rings. The number of ether oxygens (including phenoxy) is 1. The molecular weight excluding hydrogens is 456 g/mol. The van der Waals surface area contributed by atoms with E-state index in [9.17, 15) is 14.4 Å². The summed E-state index contributed by atoms with van der Waals surface area (Å²) in [5, 5.41) is 6.32. The first-order chi connectivity index (χ1) is 16.4. The van der Waals surface area contributed by atoms with Crippen LogP contribution in [-0.2, 0) is 9.53 Å². The van der Waals surface area contributed by atoms with Gasteiger partial charge in [-0.1, -0.05) is 29.3 Å². The number of carbonyl (C=O) groups is 3. The van der Waals surface area contributed by atoms with Crippen LogP contribution in [0, 0.1) is 6.92 Å². The van der Waals surface area contributed by atoms with E-state index in [0.29, 0.717) is 36.0 Å². The maximum Gasteiger partial charge on any atom is 0.321 e. The lowest BCUT2D eigenvalue weighted by molar-refractivity contribution is -0.127. The van der Waals surface area contributed by atoms with Crippen molar-refractivity contribution >= 4 is 35.1 Å². The Morgan fingerprint density at radius 2 is 1.79 bits per heavy atom. The summed E-state index contributed by atoms with van der Waals surface area (Å²) >= 11 is 5.96. The molecule has 4 amide bonds. The van der Waals surface area contributed by atoms with Gasteiger partial charge >= 0.3 is 6.03 Å². The highest BCUT2D eigenvalue weighted by atomic mass is 35.5. The van der Waals surface area contributed by atoms with E-state index in [1.807, 2.05) is 31.2 Å². The number of halogens is 1. The fourth-order valence-electron chi connectivity index (χ4n) is 4.17. The van der Waals surface area contributed by atoms with Crippen LogP contribution >= 0.6 is 11.6 Å². The van der Waals surface area contributed by atoms with E-state index in [4.69, 9.17) is 16.3 Å². The first-order valence-electron chi connectivity index (χ1n) is 11.5. The molecule has 4 rings (SSSR count). The third-order valence-electron chi connectivity index (χ3n) is 6.15. The van der Waals surface area contributed by atoms with Crippen molar-refractivity contribution in [2.75, 3.05) is 38.1 Å². The van der Waals surface area contributed by atoms with Crippen LogP contribution in [0.15, 0.2) is 48.5 Å². The number of hydrogen-bond acceptors (Lipinski definition) is 4. The monoisotopic (exact) mass is 484 g/mol. The van der Waals surface area contributed by atoms with Crippen LogP contribution < -0.4 is 10.6 Å². The summed E-state index contributed by atoms with van der Waals surface area (Å²) in [5.41, 5.74) is 2.21. The molecule has 2 aliphatic heterocycles. The molecule has 8 nitrogen and oxygen atoms in total. The van der Waals surface area contributed by atoms with E-state index in [1.165, 1.54) is 4.90 Å². The first kappa shape index (κ1) is 24.0. The molecule has 0 bridgehead atoms. The predicted octanol–water partition coefficient (Wildman–Crippen LogP) is 3.30. The van der Waals surface area contributed by atoms with E-state index in [2.05, 4.69) is 10.6 Å². The van der Waals surface area contributed by atoms with Crippen molar-refractivity contribution in [3.8, 4) is 0 Å². The molecule has 2 aliphatic rings. The standard InChI is InChI=1S/C25H29ClN4O4/c1-17-4-10-20(11-5-17)28-25(33)29-12-13-30(24(32)18-6-8-19(26)9-7-18)22(16-29)23(31)27-15-21-3-2-14-34-21/h4-11,21-22H,2-3,12-16H2,1H3,(H,27,31)(H,28,33). The normalized spacial score (nSPS) is 20.2. The molecule has 2 saturated heterocycles. The van der Waals surface area contributed by atoms with E-state index in [-0.39, 0.29) is 37.0 Å². The van der Waals surface area contributed by atoms with Gasteiger partial charge in [0, 0.05) is 42.5 Å². The topological polar surface area (TPSA) is 91.0 Å². The molecule has 2 N–H and O–H groups in total. The minimum Gasteiger partial charge on any atom is -0.376 e. The van der Waals surface area contributed by atoms with Gasteiger partial charge in [-0.2, -0.15) is 0 Å². The maximum atomic E-state index is 13.2. The zero-order valence-electron chi connectivity index (χ0n) is 19.1. The number of rotatable bonds is 5. The Kier molecular flexibility index (Phi) is 7.70. The number of piperazine rings is 1. The minimum atomic E-state index is -0.818. The molecule has 0 aliphatic carbocycles. The fourth-order valence-corrected chi connectivity index (χ4v) is 4.30. The van der Waals surface area contributed by atoms with E-state index < -0.39 is 6.04 Å². The lowest BCUT2D eigenvalue weighted by Crippen LogP contribution is -2.62. The second-order valence-corrected chi connectivity index (χ2v) is 9.08. The predicted molar refractivity (Wildman–Crippen MR) is 130 cm³/mol. The molecule has 2 atom stereocenters. The lowest BCUT2D eigenvalue weighted by Gasteiger charge is -2.40. The quantitative estimate of drug-likeness (QED) is 0.681. The number of nitrogens with one attached hydrogen (secondary N) is 2. The van der Waals surface area contributed by atoms with Gasteiger partial charge in [0.25, 0.3) is 5.91 Å². The SMILES string of the molecule is Cc1ccc(NC(=O)N2CCN(C(=O)c3ccc(Cl)cc3)C(C(=O)NCC3CCCO3)C2)cc1. The molecule has 2 heterocycles. The van der Waals surface area contributed by atoms with E-state index >= 15 is 0 Å². The summed E-state index contributed by atoms with van der Waals surface area (Å²) < 4.78 is 5.60. The van der Waals surface area contributed by atoms with Gasteiger partial charge in [0.05, 0.1) is 12.6 Å². The molecule has 9 heteroatoms. The van der Waals surface area contributed by atoms with Crippen LogP contribution in [0.2, 0.25) is 5.02 Å². The number of hydrogen-bond donors (Lipinski definition) is 2. The van der Waals surface area contributed by atoms with Crippen molar-refractivity contribution in [3.63, 3.8) is 0 Å². The Labute approximate surface area is 204 Å². The highest BCUT2D eigenvalue weighted by Gasteiger charge is 2.37. The van der Waals surface area contributed by atoms with Crippen LogP contribution in [0.1, 0.15) is 28.8 Å². The number of nitrogens with zero attached hydrogens (tertiary/aromatic N) is 2. The van der Waals surface area contributed by atoms with Gasteiger partial charge in [0.1, 0.15) is 6.04 Å². The van der Waals surface area contributed by atoms with Crippen molar-refractivity contribution in [2.24, 2.45) is 0 Å². The van der Waals surface area contributed by atoms with Crippen molar-refractivity contribution in [1.29, 1.82) is 0 Å². The zero-order valence-corrected chi connectivity index (χ0v) is 19.9. The van der Waals surface area contributed by atoms with Gasteiger partial charge in [0.2, 0.25) is 5.91 Å². The average Bonchev–Trinajstić information content (AvgIpc) is 3.37. The summed E-state index contributed by atoms with van der Waals surface area (Å²) in [6.45, 7) is 3.69. The smallest absolute Gasteiger partial charge is 0.321 e. The van der Waals surface area contributed by atoms with Crippen LogP contribution in [0.3, 0.4) is 0 Å². The van der Waals surface area contributed by atoms with Crippen LogP contribution in [0.4, 0.5) is 10.5 Å². The Balaban J connectivity index is 1.47. The molecule has 180 valence electrons. The zero-order chi connectivity index (χ0) is 24.1. The number of anilines is 1. The van der Waals surface area contributed by atoms with Crippen LogP contribution in [0.25, 0.3) is 0 Å². The second kappa shape index (κ2) is 10.9. The Morgan fingerprint density at radius 3 is 2.47 bits per heavy atom. The third-order valence-corrected chi connectivity index (χ3v) is 6.41. The summed E-state index contributed by atoms with van der Waals surface area (Å²) in [4.78, 5) is 42.4. The van der Waals surface area contributed by atoms with E-state index in [1.54, 1.807) is 29.2 Å². The molecule has 2 unspecified atom stereocenters. The summed E-state index contributed by atoms with van der Waals surface area (Å²) in [7, 11) is 0. The van der Waals surface area contributed by atoms with Gasteiger partial charge < -0.3 is 25.2 Å². The van der Waals surface area contributed by atoms with Crippen molar-refractivity contribution < 1.29 is 19.1 Å². The molecule has 0 radical (unpaired) electrons. The van der Waals surface area contributed by atoms with Gasteiger partial charge in [-0.25, -0.2) is 4.79 Å². The summed E-state index contributed by atoms with van der Waals surface area (Å²) in [5.74, 6) is -0.571. The molecule has 34 heavy (non-hydrogen) atoms. The number of aryl methyl sites for hydroxylation is 1. The highest BCUT2D eigenvalue weighted by Crippen LogP contribution is 2.19. The van der Waals surface area contributed by atoms with Gasteiger partial charge in [-0.15, -0.1) is 0 Å². The number of carbonyl (C=O) groups excluding carboxylic acids is 3. The van der Waals surface area contributed by atoms with Gasteiger partial charge in [-0.3, -0.25) is 9.59 Å². The molecule has 0 aromatic heterocycles. The largest absolute Gasteiger partial charge is 0.376 e. The van der Waals surface area contributed by atoms with Crippen molar-refractivity contribution in [3.05, 3.63) is 64.7 Å². The maximum absolute atomic E-state index is 13.2.